The van der Waals surface area contributed by atoms with E-state index >= 15 is 0 Å². The number of nitrogens with zero attached hydrogens (tertiary/aromatic N) is 1. The zero-order chi connectivity index (χ0) is 47.0. The van der Waals surface area contributed by atoms with Crippen LogP contribution in [0.4, 0.5) is 17.1 Å². The Hall–Kier alpha value is -8.78. The molecule has 0 unspecified atom stereocenters. The van der Waals surface area contributed by atoms with Crippen LogP contribution in [0.2, 0.25) is 0 Å². The molecule has 332 valence electrons. The minimum absolute atomic E-state index is 0.467. The fourth-order valence-corrected chi connectivity index (χ4v) is 13.6. The summed E-state index contributed by atoms with van der Waals surface area (Å²) in [5.74, 6) is 0. The zero-order valence-corrected chi connectivity index (χ0v) is 39.6. The molecule has 0 aliphatic heterocycles. The first kappa shape index (κ1) is 40.1. The summed E-state index contributed by atoms with van der Waals surface area (Å²) in [6.07, 6.45) is 0. The van der Waals surface area contributed by atoms with Crippen LogP contribution in [0.5, 0.6) is 0 Å². The lowest BCUT2D eigenvalue weighted by atomic mass is 9.70. The number of anilines is 3. The van der Waals surface area contributed by atoms with E-state index in [9.17, 15) is 0 Å². The fraction of sp³-hybridized carbons (Fsp3) is 0.0571. The maximum atomic E-state index is 2.52. The molecule has 0 saturated carbocycles. The van der Waals surface area contributed by atoms with Gasteiger partial charge in [-0.1, -0.05) is 212 Å². The van der Waals surface area contributed by atoms with Crippen LogP contribution < -0.4 is 4.90 Å². The largest absolute Gasteiger partial charge is 0.310 e. The van der Waals surface area contributed by atoms with Gasteiger partial charge >= 0.3 is 0 Å². The first-order chi connectivity index (χ1) is 35.0. The van der Waals surface area contributed by atoms with Gasteiger partial charge in [0.25, 0.3) is 0 Å². The topological polar surface area (TPSA) is 3.24 Å². The quantitative estimate of drug-likeness (QED) is 0.166. The van der Waals surface area contributed by atoms with Gasteiger partial charge in [-0.3, -0.25) is 0 Å². The molecule has 0 heterocycles. The Bertz CT molecular complexity index is 3720. The smallest absolute Gasteiger partial charge is 0.0726 e. The van der Waals surface area contributed by atoms with Crippen LogP contribution in [-0.4, -0.2) is 0 Å². The van der Waals surface area contributed by atoms with Gasteiger partial charge in [0.15, 0.2) is 0 Å². The van der Waals surface area contributed by atoms with Crippen molar-refractivity contribution in [1.29, 1.82) is 0 Å². The highest BCUT2D eigenvalue weighted by Crippen LogP contribution is 2.65. The minimum Gasteiger partial charge on any atom is -0.310 e. The summed E-state index contributed by atoms with van der Waals surface area (Å²) < 4.78 is 0. The normalized spacial score (nSPS) is 14.0. The summed E-state index contributed by atoms with van der Waals surface area (Å²) in [7, 11) is 0. The Labute approximate surface area is 415 Å². The van der Waals surface area contributed by atoms with E-state index in [4.69, 9.17) is 0 Å². The standard InChI is InChI=1S/C70H47N/c1-44-16-15-17-47(38-44)49-40-45(2)39-48(41-49)46-30-32-50(33-31-46)71(51-34-36-59-57-22-7-13-28-65(57)69(67(59)42-51)61-24-9-3-18-53(61)54-19-4-10-25-62(54)69)52-35-37-60-58-23-8-14-29-66(58)70(68(60)43-52)63-26-11-5-20-55(63)56-21-6-12-27-64(56)70/h3-43H,1-2H3. The summed E-state index contributed by atoms with van der Waals surface area (Å²) >= 11 is 0. The van der Waals surface area contributed by atoms with Gasteiger partial charge < -0.3 is 4.90 Å². The van der Waals surface area contributed by atoms with Crippen molar-refractivity contribution in [2.75, 3.05) is 4.90 Å². The second-order valence-corrected chi connectivity index (χ2v) is 20.1. The molecule has 11 aromatic carbocycles. The van der Waals surface area contributed by atoms with E-state index in [-0.39, 0.29) is 0 Å². The maximum Gasteiger partial charge on any atom is 0.0726 e. The van der Waals surface area contributed by atoms with E-state index in [1.54, 1.807) is 0 Å². The molecule has 2 spiro atoms. The van der Waals surface area contributed by atoms with Gasteiger partial charge in [0.2, 0.25) is 0 Å². The molecule has 0 radical (unpaired) electrons. The van der Waals surface area contributed by atoms with Gasteiger partial charge in [-0.05, 0) is 173 Å². The maximum absolute atomic E-state index is 2.52. The van der Waals surface area contributed by atoms with Crippen molar-refractivity contribution in [3.63, 3.8) is 0 Å². The molecule has 1 heteroatoms. The van der Waals surface area contributed by atoms with Crippen molar-refractivity contribution in [3.05, 3.63) is 304 Å². The molecule has 11 aromatic rings. The number of aryl methyl sites for hydroxylation is 2. The van der Waals surface area contributed by atoms with Gasteiger partial charge in [0, 0.05) is 17.1 Å². The second-order valence-electron chi connectivity index (χ2n) is 20.1. The highest BCUT2D eigenvalue weighted by Gasteiger charge is 2.53. The molecule has 0 saturated heterocycles. The summed E-state index contributed by atoms with van der Waals surface area (Å²) in [6.45, 7) is 4.38. The first-order valence-corrected chi connectivity index (χ1v) is 25.0. The van der Waals surface area contributed by atoms with Gasteiger partial charge in [-0.25, -0.2) is 0 Å². The molecule has 0 N–H and O–H groups in total. The third kappa shape index (κ3) is 5.41. The van der Waals surface area contributed by atoms with Crippen molar-refractivity contribution in [3.8, 4) is 66.8 Å². The fourth-order valence-electron chi connectivity index (χ4n) is 13.6. The highest BCUT2D eigenvalue weighted by molar-refractivity contribution is 5.99. The first-order valence-electron chi connectivity index (χ1n) is 25.0. The summed E-state index contributed by atoms with van der Waals surface area (Å²) in [5.41, 5.74) is 31.0. The molecule has 71 heavy (non-hydrogen) atoms. The van der Waals surface area contributed by atoms with Crippen molar-refractivity contribution in [1.82, 2.24) is 0 Å². The zero-order valence-electron chi connectivity index (χ0n) is 39.6. The summed E-state index contributed by atoms with van der Waals surface area (Å²) in [4.78, 5) is 2.52. The summed E-state index contributed by atoms with van der Waals surface area (Å²) in [5, 5.41) is 0. The number of benzene rings is 11. The Kier molecular flexibility index (Phi) is 8.40. The molecule has 15 rings (SSSR count). The molecular formula is C70H47N. The predicted octanol–water partition coefficient (Wildman–Crippen LogP) is 17.8. The molecule has 1 nitrogen and oxygen atoms in total. The second kappa shape index (κ2) is 14.9. The Morgan fingerprint density at radius 1 is 0.225 bits per heavy atom. The van der Waals surface area contributed by atoms with E-state index in [0.29, 0.717) is 0 Å². The molecule has 0 atom stereocenters. The van der Waals surface area contributed by atoms with Crippen molar-refractivity contribution in [2.24, 2.45) is 0 Å². The van der Waals surface area contributed by atoms with Gasteiger partial charge in [-0.15, -0.1) is 0 Å². The van der Waals surface area contributed by atoms with Crippen molar-refractivity contribution in [2.45, 2.75) is 24.7 Å². The van der Waals surface area contributed by atoms with E-state index in [2.05, 4.69) is 267 Å². The molecule has 0 amide bonds. The monoisotopic (exact) mass is 901 g/mol. The van der Waals surface area contributed by atoms with Crippen LogP contribution in [0.3, 0.4) is 0 Å². The Morgan fingerprint density at radius 3 is 0.958 bits per heavy atom. The molecule has 0 aromatic heterocycles. The van der Waals surface area contributed by atoms with Crippen LogP contribution >= 0.6 is 0 Å². The van der Waals surface area contributed by atoms with E-state index < -0.39 is 10.8 Å². The highest BCUT2D eigenvalue weighted by atomic mass is 15.1. The van der Waals surface area contributed by atoms with E-state index in [0.717, 1.165) is 17.1 Å². The van der Waals surface area contributed by atoms with Gasteiger partial charge in [-0.2, -0.15) is 0 Å². The lowest BCUT2D eigenvalue weighted by Crippen LogP contribution is -2.26. The number of hydrogen-bond donors (Lipinski definition) is 0. The van der Waals surface area contributed by atoms with E-state index in [1.807, 2.05) is 0 Å². The van der Waals surface area contributed by atoms with Gasteiger partial charge in [0.05, 0.1) is 10.8 Å². The van der Waals surface area contributed by atoms with Crippen LogP contribution in [0.1, 0.15) is 55.6 Å². The number of rotatable bonds is 5. The lowest BCUT2D eigenvalue weighted by molar-refractivity contribution is 0.792. The molecule has 4 aliphatic rings. The Balaban J connectivity index is 0.966. The van der Waals surface area contributed by atoms with Crippen LogP contribution in [0.25, 0.3) is 66.8 Å². The van der Waals surface area contributed by atoms with Crippen LogP contribution in [0, 0.1) is 13.8 Å². The molecule has 4 aliphatic carbocycles. The molecule has 0 fully saturated rings. The SMILES string of the molecule is Cc1cccc(-c2cc(C)cc(-c3ccc(N(c4ccc5c(c4)C4(c6ccccc6-c6ccccc64)c4ccccc4-5)c4ccc5c(c4)C4(c6ccccc6-c6ccccc64)c4ccccc4-5)cc3)c2)c1. The summed E-state index contributed by atoms with van der Waals surface area (Å²) in [6, 6.07) is 94.3. The number of fused-ring (bicyclic) bond motifs is 20. The molecule has 0 bridgehead atoms. The minimum atomic E-state index is -0.467. The lowest BCUT2D eigenvalue weighted by Gasteiger charge is -2.33. The van der Waals surface area contributed by atoms with Gasteiger partial charge in [0.1, 0.15) is 0 Å². The van der Waals surface area contributed by atoms with Crippen LogP contribution in [-0.2, 0) is 10.8 Å². The van der Waals surface area contributed by atoms with Crippen molar-refractivity contribution >= 4 is 17.1 Å². The third-order valence-corrected chi connectivity index (χ3v) is 16.4. The van der Waals surface area contributed by atoms with Crippen molar-refractivity contribution < 1.29 is 0 Å². The average molecular weight is 902 g/mol. The third-order valence-electron chi connectivity index (χ3n) is 16.4. The number of hydrogen-bond acceptors (Lipinski definition) is 1. The van der Waals surface area contributed by atoms with Crippen LogP contribution in [0.15, 0.2) is 249 Å². The Morgan fingerprint density at radius 2 is 0.563 bits per heavy atom. The van der Waals surface area contributed by atoms with E-state index in [1.165, 1.54) is 122 Å². The average Bonchev–Trinajstić information content (AvgIpc) is 4.11. The predicted molar refractivity (Wildman–Crippen MR) is 294 cm³/mol. The molecular weight excluding hydrogens is 855 g/mol.